The number of aryl methyl sites for hydroxylation is 1. The van der Waals surface area contributed by atoms with E-state index in [0.717, 1.165) is 25.8 Å². The third-order valence-electron chi connectivity index (χ3n) is 3.23. The summed E-state index contributed by atoms with van der Waals surface area (Å²) in [6.07, 6.45) is 7.97. The van der Waals surface area contributed by atoms with Crippen molar-refractivity contribution in [3.05, 3.63) is 29.6 Å². The number of nitrogens with zero attached hydrogens (tertiary/aromatic N) is 1. The number of rotatable bonds is 3. The molecule has 2 N–H and O–H groups in total. The van der Waals surface area contributed by atoms with Crippen molar-refractivity contribution in [2.24, 2.45) is 0 Å². The van der Waals surface area contributed by atoms with Crippen molar-refractivity contribution < 1.29 is 5.11 Å². The van der Waals surface area contributed by atoms with Gasteiger partial charge in [0.2, 0.25) is 0 Å². The first-order valence-electron chi connectivity index (χ1n) is 6.07. The van der Waals surface area contributed by atoms with Crippen molar-refractivity contribution in [2.45, 2.75) is 51.3 Å². The van der Waals surface area contributed by atoms with Crippen molar-refractivity contribution in [3.63, 3.8) is 0 Å². The van der Waals surface area contributed by atoms with Crippen LogP contribution in [-0.2, 0) is 6.54 Å². The van der Waals surface area contributed by atoms with E-state index in [9.17, 15) is 5.11 Å². The predicted molar refractivity (Wildman–Crippen MR) is 64.1 cm³/mol. The number of aromatic nitrogens is 1. The van der Waals surface area contributed by atoms with Crippen LogP contribution < -0.4 is 5.32 Å². The minimum absolute atomic E-state index is 0.175. The van der Waals surface area contributed by atoms with Crippen molar-refractivity contribution in [3.8, 4) is 0 Å². The van der Waals surface area contributed by atoms with Crippen LogP contribution in [0, 0.1) is 6.92 Å². The fourth-order valence-corrected chi connectivity index (χ4v) is 2.31. The summed E-state index contributed by atoms with van der Waals surface area (Å²) in [5.74, 6) is 0. The molecule has 1 aliphatic carbocycles. The molecular formula is C13H20N2O. The monoisotopic (exact) mass is 220 g/mol. The van der Waals surface area contributed by atoms with Crippen molar-refractivity contribution in [1.29, 1.82) is 0 Å². The van der Waals surface area contributed by atoms with E-state index in [1.54, 1.807) is 0 Å². The van der Waals surface area contributed by atoms with Crippen LogP contribution in [0.1, 0.15) is 36.8 Å². The lowest BCUT2D eigenvalue weighted by Crippen LogP contribution is -2.41. The molecule has 1 aliphatic rings. The van der Waals surface area contributed by atoms with Gasteiger partial charge in [-0.2, -0.15) is 0 Å². The molecule has 88 valence electrons. The van der Waals surface area contributed by atoms with Gasteiger partial charge in [0.15, 0.2) is 0 Å². The topological polar surface area (TPSA) is 45.2 Å². The Morgan fingerprint density at radius 2 is 2.19 bits per heavy atom. The van der Waals surface area contributed by atoms with Crippen LogP contribution in [0.25, 0.3) is 0 Å². The Labute approximate surface area is 96.9 Å². The summed E-state index contributed by atoms with van der Waals surface area (Å²) in [6.45, 7) is 2.85. The summed E-state index contributed by atoms with van der Waals surface area (Å²) in [7, 11) is 0. The van der Waals surface area contributed by atoms with E-state index in [1.807, 2.05) is 19.3 Å². The molecule has 0 bridgehead atoms. The maximum Gasteiger partial charge on any atom is 0.0693 e. The highest BCUT2D eigenvalue weighted by molar-refractivity contribution is 5.16. The van der Waals surface area contributed by atoms with E-state index in [2.05, 4.69) is 16.4 Å². The lowest BCUT2D eigenvalue weighted by atomic mass is 9.92. The van der Waals surface area contributed by atoms with Crippen LogP contribution in [0.15, 0.2) is 18.5 Å². The maximum absolute atomic E-state index is 9.82. The van der Waals surface area contributed by atoms with Gasteiger partial charge in [0, 0.05) is 25.0 Å². The molecule has 2 unspecified atom stereocenters. The van der Waals surface area contributed by atoms with E-state index in [0.29, 0.717) is 0 Å². The lowest BCUT2D eigenvalue weighted by molar-refractivity contribution is 0.0902. The highest BCUT2D eigenvalue weighted by atomic mass is 16.3. The number of pyridine rings is 1. The second kappa shape index (κ2) is 5.41. The molecule has 3 nitrogen and oxygen atoms in total. The summed E-state index contributed by atoms with van der Waals surface area (Å²) < 4.78 is 0. The zero-order valence-electron chi connectivity index (χ0n) is 9.82. The van der Waals surface area contributed by atoms with E-state index >= 15 is 0 Å². The molecule has 0 aliphatic heterocycles. The van der Waals surface area contributed by atoms with E-state index in [4.69, 9.17) is 0 Å². The first-order valence-corrected chi connectivity index (χ1v) is 6.07. The van der Waals surface area contributed by atoms with Gasteiger partial charge in [0.05, 0.1) is 6.10 Å². The van der Waals surface area contributed by atoms with E-state index in [1.165, 1.54) is 17.5 Å². The number of hydrogen-bond donors (Lipinski definition) is 2. The van der Waals surface area contributed by atoms with Gasteiger partial charge >= 0.3 is 0 Å². The molecule has 1 fully saturated rings. The Hall–Kier alpha value is -0.930. The van der Waals surface area contributed by atoms with Gasteiger partial charge in [-0.15, -0.1) is 0 Å². The molecule has 1 aromatic heterocycles. The van der Waals surface area contributed by atoms with E-state index < -0.39 is 0 Å². The molecule has 1 saturated carbocycles. The van der Waals surface area contributed by atoms with Crippen LogP contribution in [0.3, 0.4) is 0 Å². The van der Waals surface area contributed by atoms with Crippen LogP contribution in [-0.4, -0.2) is 22.2 Å². The summed E-state index contributed by atoms with van der Waals surface area (Å²) in [5.41, 5.74) is 2.38. The van der Waals surface area contributed by atoms with Gasteiger partial charge in [0.25, 0.3) is 0 Å². The first-order chi connectivity index (χ1) is 7.75. The number of aliphatic hydroxyl groups excluding tert-OH is 1. The highest BCUT2D eigenvalue weighted by Gasteiger charge is 2.21. The normalized spacial score (nSPS) is 25.6. The third kappa shape index (κ3) is 3.03. The standard InChI is InChI=1S/C13H20N2O/c1-10-6-11(8-14-7-10)9-15-12-4-2-3-5-13(12)16/h6-8,12-13,15-16H,2-5,9H2,1H3. The van der Waals surface area contributed by atoms with Crippen molar-refractivity contribution in [1.82, 2.24) is 10.3 Å². The minimum Gasteiger partial charge on any atom is -0.392 e. The second-order valence-corrected chi connectivity index (χ2v) is 4.71. The highest BCUT2D eigenvalue weighted by Crippen LogP contribution is 2.18. The van der Waals surface area contributed by atoms with Crippen LogP contribution in [0.2, 0.25) is 0 Å². The zero-order chi connectivity index (χ0) is 11.4. The van der Waals surface area contributed by atoms with Gasteiger partial charge in [-0.3, -0.25) is 4.98 Å². The van der Waals surface area contributed by atoms with Gasteiger partial charge in [-0.05, 0) is 30.9 Å². The Kier molecular flexibility index (Phi) is 3.91. The van der Waals surface area contributed by atoms with Crippen LogP contribution in [0.5, 0.6) is 0 Å². The molecule has 1 aromatic rings. The Bertz CT molecular complexity index is 340. The van der Waals surface area contributed by atoms with Gasteiger partial charge in [-0.25, -0.2) is 0 Å². The van der Waals surface area contributed by atoms with Gasteiger partial charge < -0.3 is 10.4 Å². The SMILES string of the molecule is Cc1cncc(CNC2CCCCC2O)c1. The quantitative estimate of drug-likeness (QED) is 0.816. The number of hydrogen-bond acceptors (Lipinski definition) is 3. The first kappa shape index (κ1) is 11.6. The molecule has 0 saturated heterocycles. The third-order valence-corrected chi connectivity index (χ3v) is 3.23. The fraction of sp³-hybridized carbons (Fsp3) is 0.615. The zero-order valence-corrected chi connectivity index (χ0v) is 9.82. The van der Waals surface area contributed by atoms with E-state index in [-0.39, 0.29) is 12.1 Å². The van der Waals surface area contributed by atoms with Gasteiger partial charge in [-0.1, -0.05) is 18.9 Å². The molecular weight excluding hydrogens is 200 g/mol. The number of aliphatic hydroxyl groups is 1. The largest absolute Gasteiger partial charge is 0.392 e. The summed E-state index contributed by atoms with van der Waals surface area (Å²) in [5, 5.41) is 13.2. The van der Waals surface area contributed by atoms with Gasteiger partial charge in [0.1, 0.15) is 0 Å². The summed E-state index contributed by atoms with van der Waals surface area (Å²) >= 11 is 0. The average Bonchev–Trinajstić information content (AvgIpc) is 2.28. The van der Waals surface area contributed by atoms with Crippen LogP contribution in [0.4, 0.5) is 0 Å². The molecule has 2 atom stereocenters. The van der Waals surface area contributed by atoms with Crippen molar-refractivity contribution >= 4 is 0 Å². The van der Waals surface area contributed by atoms with Crippen molar-refractivity contribution in [2.75, 3.05) is 0 Å². The summed E-state index contributed by atoms with van der Waals surface area (Å²) in [4.78, 5) is 4.16. The average molecular weight is 220 g/mol. The molecule has 2 rings (SSSR count). The summed E-state index contributed by atoms with van der Waals surface area (Å²) in [6, 6.07) is 2.39. The Balaban J connectivity index is 1.86. The predicted octanol–water partition coefficient (Wildman–Crippen LogP) is 1.78. The Morgan fingerprint density at radius 3 is 2.94 bits per heavy atom. The molecule has 1 heterocycles. The number of nitrogens with one attached hydrogen (secondary N) is 1. The molecule has 0 amide bonds. The second-order valence-electron chi connectivity index (χ2n) is 4.71. The Morgan fingerprint density at radius 1 is 1.38 bits per heavy atom. The molecule has 0 spiro atoms. The molecule has 3 heteroatoms. The maximum atomic E-state index is 9.82. The lowest BCUT2D eigenvalue weighted by Gasteiger charge is -2.28. The molecule has 0 aromatic carbocycles. The fourth-order valence-electron chi connectivity index (χ4n) is 2.31. The van der Waals surface area contributed by atoms with Crippen LogP contribution >= 0.6 is 0 Å². The molecule has 0 radical (unpaired) electrons. The smallest absolute Gasteiger partial charge is 0.0693 e. The minimum atomic E-state index is -0.175. The molecule has 16 heavy (non-hydrogen) atoms.